The number of aryl methyl sites for hydroxylation is 1. The quantitative estimate of drug-likeness (QED) is 0.626. The number of hydrazine groups is 1. The van der Waals surface area contributed by atoms with E-state index >= 15 is 0 Å². The van der Waals surface area contributed by atoms with Gasteiger partial charge in [-0.25, -0.2) is 0 Å². The summed E-state index contributed by atoms with van der Waals surface area (Å²) in [6.07, 6.45) is 0.175. The van der Waals surface area contributed by atoms with Crippen molar-refractivity contribution in [3.05, 3.63) is 64.7 Å². The average Bonchev–Trinajstić information content (AvgIpc) is 2.66. The summed E-state index contributed by atoms with van der Waals surface area (Å²) in [6, 6.07) is 14.2. The number of hydrogen-bond donors (Lipinski definition) is 3. The van der Waals surface area contributed by atoms with Crippen molar-refractivity contribution in [1.29, 1.82) is 0 Å². The Hall–Kier alpha value is -3.06. The second kappa shape index (κ2) is 10.2. The first-order valence-electron chi connectivity index (χ1n) is 8.21. The fourth-order valence-corrected chi connectivity index (χ4v) is 2.22. The molecule has 8 heteroatoms. The average molecular weight is 390 g/mol. The van der Waals surface area contributed by atoms with E-state index in [1.807, 2.05) is 37.3 Å². The number of benzene rings is 2. The second-order valence-corrected chi connectivity index (χ2v) is 6.14. The number of hydrogen-bond acceptors (Lipinski definition) is 4. The summed E-state index contributed by atoms with van der Waals surface area (Å²) in [7, 11) is 0. The molecule has 0 fully saturated rings. The molecular weight excluding hydrogens is 370 g/mol. The molecule has 3 amide bonds. The van der Waals surface area contributed by atoms with Gasteiger partial charge in [0.15, 0.2) is 6.61 Å². The van der Waals surface area contributed by atoms with Crippen LogP contribution < -0.4 is 20.9 Å². The number of carbonyl (C=O) groups excluding carboxylic acids is 3. The lowest BCUT2D eigenvalue weighted by molar-refractivity contribution is -0.130. The van der Waals surface area contributed by atoms with Crippen molar-refractivity contribution in [2.24, 2.45) is 0 Å². The molecule has 2 aromatic carbocycles. The van der Waals surface area contributed by atoms with Crippen LogP contribution in [0, 0.1) is 6.92 Å². The summed E-state index contributed by atoms with van der Waals surface area (Å²) >= 11 is 5.91. The Bertz CT molecular complexity index is 812. The van der Waals surface area contributed by atoms with E-state index < -0.39 is 11.8 Å². The van der Waals surface area contributed by atoms with E-state index in [-0.39, 0.29) is 25.5 Å². The lowest BCUT2D eigenvalue weighted by Gasteiger charge is -2.10. The van der Waals surface area contributed by atoms with Gasteiger partial charge in [-0.05, 0) is 36.2 Å². The van der Waals surface area contributed by atoms with Crippen molar-refractivity contribution in [2.75, 3.05) is 13.2 Å². The molecule has 2 aromatic rings. The van der Waals surface area contributed by atoms with Gasteiger partial charge in [-0.3, -0.25) is 25.2 Å². The minimum atomic E-state index is -0.549. The minimum absolute atomic E-state index is 0.175. The molecule has 3 N–H and O–H groups in total. The Labute approximate surface area is 162 Å². The molecule has 2 rings (SSSR count). The van der Waals surface area contributed by atoms with E-state index in [9.17, 15) is 14.4 Å². The summed E-state index contributed by atoms with van der Waals surface area (Å²) in [5.74, 6) is -0.880. The van der Waals surface area contributed by atoms with Crippen LogP contribution in [-0.4, -0.2) is 30.9 Å². The summed E-state index contributed by atoms with van der Waals surface area (Å²) in [4.78, 5) is 35.1. The zero-order valence-electron chi connectivity index (χ0n) is 14.8. The highest BCUT2D eigenvalue weighted by atomic mass is 35.5. The third-order valence-electron chi connectivity index (χ3n) is 3.49. The van der Waals surface area contributed by atoms with E-state index in [4.69, 9.17) is 16.3 Å². The van der Waals surface area contributed by atoms with Gasteiger partial charge < -0.3 is 10.1 Å². The van der Waals surface area contributed by atoms with Gasteiger partial charge in [-0.15, -0.1) is 0 Å². The van der Waals surface area contributed by atoms with Crippen molar-refractivity contribution >= 4 is 29.3 Å². The Balaban J connectivity index is 1.63. The first-order valence-corrected chi connectivity index (χ1v) is 8.59. The summed E-state index contributed by atoms with van der Waals surface area (Å²) in [6.45, 7) is 1.30. The number of nitrogens with one attached hydrogen (secondary N) is 3. The van der Waals surface area contributed by atoms with Gasteiger partial charge >= 0.3 is 0 Å². The van der Waals surface area contributed by atoms with Crippen LogP contribution in [0.5, 0.6) is 5.75 Å². The fourth-order valence-electron chi connectivity index (χ4n) is 2.10. The van der Waals surface area contributed by atoms with Gasteiger partial charge in [0.25, 0.3) is 11.8 Å². The maximum absolute atomic E-state index is 11.8. The smallest absolute Gasteiger partial charge is 0.276 e. The van der Waals surface area contributed by atoms with Gasteiger partial charge in [0.2, 0.25) is 5.91 Å². The van der Waals surface area contributed by atoms with Crippen LogP contribution in [0.2, 0.25) is 5.02 Å². The van der Waals surface area contributed by atoms with E-state index in [2.05, 4.69) is 16.2 Å². The predicted molar refractivity (Wildman–Crippen MR) is 101 cm³/mol. The maximum atomic E-state index is 11.8. The molecule has 0 aromatic heterocycles. The monoisotopic (exact) mass is 389 g/mol. The van der Waals surface area contributed by atoms with Gasteiger partial charge in [0.1, 0.15) is 5.75 Å². The topological polar surface area (TPSA) is 96.5 Å². The number of halogens is 1. The van der Waals surface area contributed by atoms with Crippen LogP contribution in [0.4, 0.5) is 0 Å². The molecule has 0 saturated carbocycles. The number of amides is 3. The molecule has 0 unspecified atom stereocenters. The summed E-state index contributed by atoms with van der Waals surface area (Å²) < 4.78 is 5.31. The van der Waals surface area contributed by atoms with E-state index in [1.165, 1.54) is 0 Å². The highest BCUT2D eigenvalue weighted by Crippen LogP contribution is 2.20. The number of rotatable bonds is 7. The normalized spacial score (nSPS) is 10.0. The van der Waals surface area contributed by atoms with Gasteiger partial charge in [0, 0.05) is 5.02 Å². The van der Waals surface area contributed by atoms with Crippen molar-refractivity contribution in [2.45, 2.75) is 13.3 Å². The Morgan fingerprint density at radius 2 is 1.67 bits per heavy atom. The Morgan fingerprint density at radius 3 is 2.37 bits per heavy atom. The highest BCUT2D eigenvalue weighted by Gasteiger charge is 2.08. The molecule has 0 aliphatic carbocycles. The van der Waals surface area contributed by atoms with Crippen LogP contribution in [0.1, 0.15) is 11.1 Å². The molecule has 7 nitrogen and oxygen atoms in total. The zero-order chi connectivity index (χ0) is 19.6. The molecule has 0 aliphatic rings. The van der Waals surface area contributed by atoms with Crippen LogP contribution in [0.3, 0.4) is 0 Å². The van der Waals surface area contributed by atoms with E-state index in [1.54, 1.807) is 18.2 Å². The molecule has 0 saturated heterocycles. The lowest BCUT2D eigenvalue weighted by Crippen LogP contribution is -2.47. The van der Waals surface area contributed by atoms with Crippen LogP contribution in [0.15, 0.2) is 48.5 Å². The molecule has 0 heterocycles. The molecular formula is C19H20ClN3O4. The van der Waals surface area contributed by atoms with E-state index in [0.29, 0.717) is 10.8 Å². The zero-order valence-corrected chi connectivity index (χ0v) is 15.5. The minimum Gasteiger partial charge on any atom is -0.484 e. The molecule has 0 aliphatic heterocycles. The molecule has 0 radical (unpaired) electrons. The van der Waals surface area contributed by atoms with Crippen molar-refractivity contribution in [3.63, 3.8) is 0 Å². The van der Waals surface area contributed by atoms with Crippen LogP contribution >= 0.6 is 11.6 Å². The third-order valence-corrected chi connectivity index (χ3v) is 3.92. The van der Waals surface area contributed by atoms with Crippen LogP contribution in [0.25, 0.3) is 0 Å². The molecule has 142 valence electrons. The van der Waals surface area contributed by atoms with Gasteiger partial charge in [0.05, 0.1) is 13.0 Å². The summed E-state index contributed by atoms with van der Waals surface area (Å²) in [5.41, 5.74) is 6.09. The second-order valence-electron chi connectivity index (χ2n) is 5.74. The summed E-state index contributed by atoms with van der Waals surface area (Å²) in [5, 5.41) is 3.08. The van der Waals surface area contributed by atoms with Crippen molar-refractivity contribution in [3.8, 4) is 5.75 Å². The molecule has 0 spiro atoms. The molecule has 27 heavy (non-hydrogen) atoms. The number of ether oxygens (including phenoxy) is 1. The van der Waals surface area contributed by atoms with E-state index in [0.717, 1.165) is 11.1 Å². The Kier molecular flexibility index (Phi) is 7.63. The first-order chi connectivity index (χ1) is 12.9. The number of carbonyl (C=O) groups is 3. The van der Waals surface area contributed by atoms with Crippen molar-refractivity contribution < 1.29 is 19.1 Å². The highest BCUT2D eigenvalue weighted by molar-refractivity contribution is 6.31. The molecule has 0 atom stereocenters. The van der Waals surface area contributed by atoms with Crippen molar-refractivity contribution in [1.82, 2.24) is 16.2 Å². The van der Waals surface area contributed by atoms with Gasteiger partial charge in [-0.2, -0.15) is 0 Å². The largest absolute Gasteiger partial charge is 0.484 e. The first kappa shape index (κ1) is 20.3. The predicted octanol–water partition coefficient (Wildman–Crippen LogP) is 1.53. The maximum Gasteiger partial charge on any atom is 0.276 e. The molecule has 0 bridgehead atoms. The SMILES string of the molecule is Cc1cc(OCC(=O)NNC(=O)CNC(=O)Cc2ccccc2)ccc1Cl. The van der Waals surface area contributed by atoms with Gasteiger partial charge in [-0.1, -0.05) is 41.9 Å². The lowest BCUT2D eigenvalue weighted by atomic mass is 10.1. The third kappa shape index (κ3) is 7.37. The standard InChI is InChI=1S/C19H20ClN3O4/c1-13-9-15(7-8-16(13)20)27-12-19(26)23-22-18(25)11-21-17(24)10-14-5-3-2-4-6-14/h2-9H,10-12H2,1H3,(H,21,24)(H,22,25)(H,23,26). The fraction of sp³-hybridized carbons (Fsp3) is 0.211. The van der Waals surface area contributed by atoms with Crippen LogP contribution in [-0.2, 0) is 20.8 Å². The Morgan fingerprint density at radius 1 is 0.963 bits per heavy atom.